The molecule has 8 heteroatoms. The molecule has 29 heavy (non-hydrogen) atoms. The van der Waals surface area contributed by atoms with Gasteiger partial charge in [-0.3, -0.25) is 4.99 Å². The third kappa shape index (κ3) is 11.9. The van der Waals surface area contributed by atoms with E-state index in [9.17, 15) is 4.79 Å². The van der Waals surface area contributed by atoms with Gasteiger partial charge in [-0.15, -0.1) is 24.0 Å². The molecule has 1 heterocycles. The fraction of sp³-hybridized carbons (Fsp3) is 0.905. The van der Waals surface area contributed by atoms with Crippen LogP contribution in [0.25, 0.3) is 0 Å². The molecule has 1 unspecified atom stereocenters. The highest BCUT2D eigenvalue weighted by atomic mass is 127. The molecular weight excluding hydrogens is 483 g/mol. The van der Waals surface area contributed by atoms with Crippen molar-refractivity contribution in [3.63, 3.8) is 0 Å². The lowest BCUT2D eigenvalue weighted by molar-refractivity contribution is 0.0231. The number of guanidine groups is 1. The quantitative estimate of drug-likeness (QED) is 0.295. The van der Waals surface area contributed by atoms with Crippen molar-refractivity contribution in [1.29, 1.82) is 0 Å². The molecule has 1 fully saturated rings. The molecule has 1 aliphatic rings. The van der Waals surface area contributed by atoms with E-state index in [0.29, 0.717) is 6.54 Å². The standard InChI is InChI=1S/C21H42N4O3.HI/c1-8-22-19(24(6)14-10-18-11-15-27-16-12-18)23-13-9-17(2)25(7)20(26)28-21(3,4)5;/h17-18H,8-16H2,1-7H3,(H,22,23);1H. The lowest BCUT2D eigenvalue weighted by atomic mass is 9.96. The predicted molar refractivity (Wildman–Crippen MR) is 130 cm³/mol. The molecule has 0 aromatic carbocycles. The van der Waals surface area contributed by atoms with Crippen molar-refractivity contribution < 1.29 is 14.3 Å². The first-order chi connectivity index (χ1) is 13.1. The van der Waals surface area contributed by atoms with E-state index < -0.39 is 5.60 Å². The number of nitrogens with zero attached hydrogens (tertiary/aromatic N) is 3. The van der Waals surface area contributed by atoms with Gasteiger partial charge >= 0.3 is 6.09 Å². The molecule has 1 aliphatic heterocycles. The smallest absolute Gasteiger partial charge is 0.410 e. The van der Waals surface area contributed by atoms with Crippen LogP contribution in [0.3, 0.4) is 0 Å². The molecule has 1 saturated heterocycles. The second-order valence-electron chi connectivity index (χ2n) is 8.73. The summed E-state index contributed by atoms with van der Waals surface area (Å²) < 4.78 is 10.9. The van der Waals surface area contributed by atoms with Crippen LogP contribution >= 0.6 is 24.0 Å². The Morgan fingerprint density at radius 3 is 2.45 bits per heavy atom. The molecule has 0 aromatic rings. The highest BCUT2D eigenvalue weighted by Gasteiger charge is 2.22. The Kier molecular flexibility index (Phi) is 13.9. The number of rotatable bonds is 8. The van der Waals surface area contributed by atoms with E-state index in [0.717, 1.165) is 57.4 Å². The molecule has 7 nitrogen and oxygen atoms in total. The van der Waals surface area contributed by atoms with Crippen LogP contribution in [0.5, 0.6) is 0 Å². The summed E-state index contributed by atoms with van der Waals surface area (Å²) >= 11 is 0. The van der Waals surface area contributed by atoms with Gasteiger partial charge in [0.2, 0.25) is 0 Å². The SMILES string of the molecule is CCNC(=NCCC(C)N(C)C(=O)OC(C)(C)C)N(C)CCC1CCOCC1.I. The number of hydrogen-bond donors (Lipinski definition) is 1. The largest absolute Gasteiger partial charge is 0.444 e. The van der Waals surface area contributed by atoms with E-state index in [2.05, 4.69) is 24.2 Å². The van der Waals surface area contributed by atoms with Gasteiger partial charge in [0.1, 0.15) is 5.60 Å². The van der Waals surface area contributed by atoms with Crippen molar-refractivity contribution in [3.8, 4) is 0 Å². The van der Waals surface area contributed by atoms with Crippen LogP contribution in [-0.4, -0.2) is 80.4 Å². The van der Waals surface area contributed by atoms with Crippen LogP contribution in [0.15, 0.2) is 4.99 Å². The molecule has 1 rings (SSSR count). The number of hydrogen-bond acceptors (Lipinski definition) is 4. The molecule has 0 radical (unpaired) electrons. The fourth-order valence-electron chi connectivity index (χ4n) is 3.05. The minimum Gasteiger partial charge on any atom is -0.444 e. The van der Waals surface area contributed by atoms with E-state index >= 15 is 0 Å². The molecule has 1 amide bonds. The van der Waals surface area contributed by atoms with Crippen LogP contribution in [0.4, 0.5) is 4.79 Å². The predicted octanol–water partition coefficient (Wildman–Crippen LogP) is 3.96. The molecule has 0 aliphatic carbocycles. The monoisotopic (exact) mass is 526 g/mol. The van der Waals surface area contributed by atoms with Crippen LogP contribution in [0.1, 0.15) is 60.3 Å². The first-order valence-corrected chi connectivity index (χ1v) is 10.7. The molecular formula is C21H43IN4O3. The van der Waals surface area contributed by atoms with Crippen molar-refractivity contribution >= 4 is 36.0 Å². The lowest BCUT2D eigenvalue weighted by Gasteiger charge is -2.29. The summed E-state index contributed by atoms with van der Waals surface area (Å²) in [5, 5.41) is 3.37. The number of amides is 1. The van der Waals surface area contributed by atoms with Gasteiger partial charge in [-0.25, -0.2) is 4.79 Å². The Morgan fingerprint density at radius 1 is 1.28 bits per heavy atom. The first-order valence-electron chi connectivity index (χ1n) is 10.7. The van der Waals surface area contributed by atoms with E-state index in [1.807, 2.05) is 27.7 Å². The van der Waals surface area contributed by atoms with Gasteiger partial charge in [-0.1, -0.05) is 0 Å². The first kappa shape index (κ1) is 28.2. The van der Waals surface area contributed by atoms with E-state index in [1.54, 1.807) is 11.9 Å². The molecule has 172 valence electrons. The highest BCUT2D eigenvalue weighted by Crippen LogP contribution is 2.18. The molecule has 0 aromatic heterocycles. The fourth-order valence-corrected chi connectivity index (χ4v) is 3.05. The minimum absolute atomic E-state index is 0. The minimum atomic E-state index is -0.478. The molecule has 0 saturated carbocycles. The maximum Gasteiger partial charge on any atom is 0.410 e. The van der Waals surface area contributed by atoms with Gasteiger partial charge < -0.3 is 24.6 Å². The summed E-state index contributed by atoms with van der Waals surface area (Å²) in [6, 6.07) is 0.0639. The van der Waals surface area contributed by atoms with Gasteiger partial charge in [0.25, 0.3) is 0 Å². The van der Waals surface area contributed by atoms with E-state index in [4.69, 9.17) is 14.5 Å². The third-order valence-electron chi connectivity index (χ3n) is 5.06. The van der Waals surface area contributed by atoms with Crippen molar-refractivity contribution in [2.45, 2.75) is 71.9 Å². The zero-order valence-electron chi connectivity index (χ0n) is 19.5. The number of carbonyl (C=O) groups excluding carboxylic acids is 1. The average Bonchev–Trinajstić information content (AvgIpc) is 2.64. The van der Waals surface area contributed by atoms with Crippen molar-refractivity contribution in [2.24, 2.45) is 10.9 Å². The number of carbonyl (C=O) groups is 1. The Bertz CT molecular complexity index is 491. The van der Waals surface area contributed by atoms with Gasteiger partial charge in [0.05, 0.1) is 0 Å². The Labute approximate surface area is 195 Å². The Balaban J connectivity index is 0.00000784. The average molecular weight is 527 g/mol. The van der Waals surface area contributed by atoms with Crippen LogP contribution in [0.2, 0.25) is 0 Å². The van der Waals surface area contributed by atoms with Gasteiger partial charge in [-0.05, 0) is 66.2 Å². The maximum atomic E-state index is 12.2. The number of ether oxygens (including phenoxy) is 2. The molecule has 0 spiro atoms. The topological polar surface area (TPSA) is 66.4 Å². The highest BCUT2D eigenvalue weighted by molar-refractivity contribution is 14.0. The maximum absolute atomic E-state index is 12.2. The summed E-state index contributed by atoms with van der Waals surface area (Å²) in [5.74, 6) is 1.68. The zero-order chi connectivity index (χ0) is 21.2. The number of nitrogens with one attached hydrogen (secondary N) is 1. The van der Waals surface area contributed by atoms with Gasteiger partial charge in [-0.2, -0.15) is 0 Å². The number of halogens is 1. The Hall–Kier alpha value is -0.770. The van der Waals surface area contributed by atoms with Crippen molar-refractivity contribution in [3.05, 3.63) is 0 Å². The summed E-state index contributed by atoms with van der Waals surface area (Å²) in [7, 11) is 3.88. The van der Waals surface area contributed by atoms with Crippen LogP contribution < -0.4 is 5.32 Å². The third-order valence-corrected chi connectivity index (χ3v) is 5.06. The van der Waals surface area contributed by atoms with Crippen LogP contribution in [0, 0.1) is 5.92 Å². The van der Waals surface area contributed by atoms with Gasteiger partial charge in [0.15, 0.2) is 5.96 Å². The normalized spacial score (nSPS) is 16.6. The van der Waals surface area contributed by atoms with Gasteiger partial charge in [0, 0.05) is 53.0 Å². The molecule has 1 atom stereocenters. The summed E-state index contributed by atoms with van der Waals surface area (Å²) in [4.78, 5) is 20.8. The van der Waals surface area contributed by atoms with Crippen molar-refractivity contribution in [1.82, 2.24) is 15.1 Å². The van der Waals surface area contributed by atoms with E-state index in [1.165, 1.54) is 6.42 Å². The second kappa shape index (κ2) is 14.3. The molecule has 1 N–H and O–H groups in total. The number of aliphatic imine (C=N–C) groups is 1. The summed E-state index contributed by atoms with van der Waals surface area (Å²) in [5.41, 5.74) is -0.478. The van der Waals surface area contributed by atoms with Crippen LogP contribution in [-0.2, 0) is 9.47 Å². The zero-order valence-corrected chi connectivity index (χ0v) is 21.8. The van der Waals surface area contributed by atoms with E-state index in [-0.39, 0.29) is 36.1 Å². The second-order valence-corrected chi connectivity index (χ2v) is 8.73. The van der Waals surface area contributed by atoms with Crippen molar-refractivity contribution in [2.75, 3.05) is 46.9 Å². The lowest BCUT2D eigenvalue weighted by Crippen LogP contribution is -2.41. The summed E-state index contributed by atoms with van der Waals surface area (Å²) in [6.45, 7) is 14.0. The molecule has 0 bridgehead atoms. The Morgan fingerprint density at radius 2 is 1.90 bits per heavy atom. The summed E-state index contributed by atoms with van der Waals surface area (Å²) in [6.07, 6.45) is 4.00.